The fraction of sp³-hybridized carbons (Fsp3) is 0.188. The molecule has 0 spiro atoms. The van der Waals surface area contributed by atoms with Crippen LogP contribution in [0.5, 0.6) is 5.75 Å². The summed E-state index contributed by atoms with van der Waals surface area (Å²) in [5.41, 5.74) is 1.87. The zero-order chi connectivity index (χ0) is 14.2. The summed E-state index contributed by atoms with van der Waals surface area (Å²) < 4.78 is 5.59. The molecule has 0 saturated heterocycles. The van der Waals surface area contributed by atoms with Gasteiger partial charge in [-0.15, -0.1) is 0 Å². The Hall–Kier alpha value is -2.07. The zero-order valence-electron chi connectivity index (χ0n) is 11.4. The minimum atomic E-state index is 0.559. The summed E-state index contributed by atoms with van der Waals surface area (Å²) >= 11 is 5.29. The van der Waals surface area contributed by atoms with Crippen LogP contribution < -0.4 is 15.4 Å². The highest BCUT2D eigenvalue weighted by Crippen LogP contribution is 2.18. The number of para-hydroxylation sites is 1. The number of hydrogen-bond acceptors (Lipinski definition) is 2. The van der Waals surface area contributed by atoms with E-state index in [-0.39, 0.29) is 0 Å². The summed E-state index contributed by atoms with van der Waals surface area (Å²) in [5.74, 6) is 0.847. The van der Waals surface area contributed by atoms with Crippen LogP contribution in [0.2, 0.25) is 0 Å². The number of benzene rings is 2. The van der Waals surface area contributed by atoms with Crippen molar-refractivity contribution < 1.29 is 4.74 Å². The number of nitrogens with one attached hydrogen (secondary N) is 2. The van der Waals surface area contributed by atoms with Crippen LogP contribution in [-0.2, 0) is 0 Å². The van der Waals surface area contributed by atoms with Crippen molar-refractivity contribution in [3.05, 3.63) is 54.6 Å². The van der Waals surface area contributed by atoms with E-state index in [0.717, 1.165) is 30.2 Å². The molecule has 0 aliphatic heterocycles. The van der Waals surface area contributed by atoms with Gasteiger partial charge in [-0.1, -0.05) is 31.2 Å². The zero-order valence-corrected chi connectivity index (χ0v) is 12.2. The average molecular weight is 286 g/mol. The van der Waals surface area contributed by atoms with Gasteiger partial charge in [0.25, 0.3) is 0 Å². The first-order valence-corrected chi connectivity index (χ1v) is 7.04. The van der Waals surface area contributed by atoms with E-state index in [1.54, 1.807) is 0 Å². The molecule has 0 radical (unpaired) electrons. The Morgan fingerprint density at radius 1 is 1.00 bits per heavy atom. The maximum absolute atomic E-state index is 5.59. The summed E-state index contributed by atoms with van der Waals surface area (Å²) in [7, 11) is 0. The molecule has 0 aromatic heterocycles. The molecule has 0 unspecified atom stereocenters. The van der Waals surface area contributed by atoms with E-state index in [1.165, 1.54) is 0 Å². The van der Waals surface area contributed by atoms with Crippen LogP contribution >= 0.6 is 12.2 Å². The van der Waals surface area contributed by atoms with E-state index < -0.39 is 0 Å². The van der Waals surface area contributed by atoms with Crippen LogP contribution in [-0.4, -0.2) is 11.7 Å². The van der Waals surface area contributed by atoms with Gasteiger partial charge in [0.15, 0.2) is 5.11 Å². The quantitative estimate of drug-likeness (QED) is 0.804. The number of anilines is 2. The summed E-state index contributed by atoms with van der Waals surface area (Å²) in [6.07, 6.45) is 0.992. The van der Waals surface area contributed by atoms with Crippen molar-refractivity contribution in [3.63, 3.8) is 0 Å². The lowest BCUT2D eigenvalue weighted by Gasteiger charge is -2.11. The van der Waals surface area contributed by atoms with E-state index >= 15 is 0 Å². The third-order valence-corrected chi connectivity index (χ3v) is 2.80. The lowest BCUT2D eigenvalue weighted by molar-refractivity contribution is 0.317. The normalized spacial score (nSPS) is 9.85. The van der Waals surface area contributed by atoms with E-state index in [9.17, 15) is 0 Å². The number of hydrogen-bond donors (Lipinski definition) is 2. The van der Waals surface area contributed by atoms with Crippen LogP contribution in [0.25, 0.3) is 0 Å². The van der Waals surface area contributed by atoms with Gasteiger partial charge < -0.3 is 15.4 Å². The molecule has 0 atom stereocenters. The molecular formula is C16H18N2OS. The first-order chi connectivity index (χ1) is 9.78. The third-order valence-electron chi connectivity index (χ3n) is 2.60. The Morgan fingerprint density at radius 3 is 2.45 bits per heavy atom. The van der Waals surface area contributed by atoms with Gasteiger partial charge in [-0.25, -0.2) is 0 Å². The molecule has 0 heterocycles. The molecule has 104 valence electrons. The lowest BCUT2D eigenvalue weighted by Crippen LogP contribution is -2.18. The number of ether oxygens (including phenoxy) is 1. The summed E-state index contributed by atoms with van der Waals surface area (Å²) in [6.45, 7) is 2.80. The van der Waals surface area contributed by atoms with Gasteiger partial charge in [0.1, 0.15) is 5.75 Å². The van der Waals surface area contributed by atoms with Crippen LogP contribution in [0.15, 0.2) is 54.6 Å². The largest absolute Gasteiger partial charge is 0.494 e. The van der Waals surface area contributed by atoms with Crippen molar-refractivity contribution in [1.29, 1.82) is 0 Å². The van der Waals surface area contributed by atoms with Crippen molar-refractivity contribution in [3.8, 4) is 5.75 Å². The summed E-state index contributed by atoms with van der Waals surface area (Å²) in [5, 5.41) is 6.84. The maximum atomic E-state index is 5.59. The van der Waals surface area contributed by atoms with Gasteiger partial charge in [-0.2, -0.15) is 0 Å². The van der Waals surface area contributed by atoms with Gasteiger partial charge in [0.2, 0.25) is 0 Å². The van der Waals surface area contributed by atoms with Gasteiger partial charge in [0.05, 0.1) is 6.61 Å². The standard InChI is InChI=1S/C16H18N2OS/c1-2-11-19-15-10-6-9-14(12-15)18-16(20)17-13-7-4-3-5-8-13/h3-10,12H,2,11H2,1H3,(H2,17,18,20). The van der Waals surface area contributed by atoms with E-state index in [2.05, 4.69) is 17.6 Å². The highest BCUT2D eigenvalue weighted by atomic mass is 32.1. The predicted molar refractivity (Wildman–Crippen MR) is 88.5 cm³/mol. The van der Waals surface area contributed by atoms with Crippen molar-refractivity contribution in [1.82, 2.24) is 0 Å². The van der Waals surface area contributed by atoms with E-state index in [4.69, 9.17) is 17.0 Å². The second-order valence-corrected chi connectivity index (χ2v) is 4.73. The first-order valence-electron chi connectivity index (χ1n) is 6.64. The molecule has 4 heteroatoms. The van der Waals surface area contributed by atoms with E-state index in [1.807, 2.05) is 54.6 Å². The highest BCUT2D eigenvalue weighted by molar-refractivity contribution is 7.80. The van der Waals surface area contributed by atoms with Crippen molar-refractivity contribution in [2.45, 2.75) is 13.3 Å². The monoisotopic (exact) mass is 286 g/mol. The molecule has 2 rings (SSSR count). The highest BCUT2D eigenvalue weighted by Gasteiger charge is 2.00. The van der Waals surface area contributed by atoms with Crippen molar-refractivity contribution in [2.24, 2.45) is 0 Å². The predicted octanol–water partition coefficient (Wildman–Crippen LogP) is 4.28. The third kappa shape index (κ3) is 4.55. The van der Waals surface area contributed by atoms with Crippen LogP contribution in [0, 0.1) is 0 Å². The lowest BCUT2D eigenvalue weighted by atomic mass is 10.3. The molecular weight excluding hydrogens is 268 g/mol. The van der Waals surface area contributed by atoms with Crippen LogP contribution in [0.3, 0.4) is 0 Å². The molecule has 0 fully saturated rings. The Bertz CT molecular complexity index is 557. The Morgan fingerprint density at radius 2 is 1.70 bits per heavy atom. The van der Waals surface area contributed by atoms with E-state index in [0.29, 0.717) is 5.11 Å². The summed E-state index contributed by atoms with van der Waals surface area (Å²) in [4.78, 5) is 0. The van der Waals surface area contributed by atoms with Crippen molar-refractivity contribution in [2.75, 3.05) is 17.2 Å². The summed E-state index contributed by atoms with van der Waals surface area (Å²) in [6, 6.07) is 17.6. The molecule has 0 aliphatic carbocycles. The Balaban J connectivity index is 1.94. The smallest absolute Gasteiger partial charge is 0.175 e. The van der Waals surface area contributed by atoms with Crippen LogP contribution in [0.4, 0.5) is 11.4 Å². The molecule has 0 aliphatic rings. The van der Waals surface area contributed by atoms with Gasteiger partial charge in [-0.05, 0) is 42.9 Å². The van der Waals surface area contributed by atoms with Crippen molar-refractivity contribution >= 4 is 28.7 Å². The number of thiocarbonyl (C=S) groups is 1. The minimum Gasteiger partial charge on any atom is -0.494 e. The number of rotatable bonds is 5. The molecule has 3 nitrogen and oxygen atoms in total. The average Bonchev–Trinajstić information content (AvgIpc) is 2.46. The minimum absolute atomic E-state index is 0.559. The molecule has 0 amide bonds. The first kappa shape index (κ1) is 14.3. The van der Waals surface area contributed by atoms with Gasteiger partial charge >= 0.3 is 0 Å². The molecule has 2 aromatic rings. The van der Waals surface area contributed by atoms with Gasteiger partial charge in [0, 0.05) is 17.4 Å². The maximum Gasteiger partial charge on any atom is 0.175 e. The second kappa shape index (κ2) is 7.50. The van der Waals surface area contributed by atoms with Crippen LogP contribution in [0.1, 0.15) is 13.3 Å². The molecule has 0 bridgehead atoms. The van der Waals surface area contributed by atoms with Gasteiger partial charge in [-0.3, -0.25) is 0 Å². The molecule has 0 saturated carbocycles. The fourth-order valence-corrected chi connectivity index (χ4v) is 1.93. The SMILES string of the molecule is CCCOc1cccc(NC(=S)Nc2ccccc2)c1. The molecule has 2 N–H and O–H groups in total. The molecule has 20 heavy (non-hydrogen) atoms. The second-order valence-electron chi connectivity index (χ2n) is 4.32. The molecule has 2 aromatic carbocycles. The Kier molecular flexibility index (Phi) is 5.38. The Labute approximate surface area is 125 Å². The topological polar surface area (TPSA) is 33.3 Å². The fourth-order valence-electron chi connectivity index (χ4n) is 1.70.